The molecule has 2 heterocycles. The van der Waals surface area contributed by atoms with Crippen LogP contribution < -0.4 is 10.2 Å². The number of pyridine rings is 1. The van der Waals surface area contributed by atoms with Crippen LogP contribution in [0.5, 0.6) is 0 Å². The fourth-order valence-electron chi connectivity index (χ4n) is 2.65. The predicted molar refractivity (Wildman–Crippen MR) is 74.8 cm³/mol. The van der Waals surface area contributed by atoms with Crippen molar-refractivity contribution in [3.63, 3.8) is 0 Å². The van der Waals surface area contributed by atoms with Crippen LogP contribution in [0.3, 0.4) is 0 Å². The Balaban J connectivity index is 2.28. The first-order valence-electron chi connectivity index (χ1n) is 6.81. The smallest absolute Gasteiger partial charge is 0.335 e. The molecule has 0 saturated carbocycles. The van der Waals surface area contributed by atoms with E-state index in [4.69, 9.17) is 5.11 Å². The molecule has 0 aromatic carbocycles. The molecule has 0 aliphatic carbocycles. The number of aryl methyl sites for hydroxylation is 1. The fraction of sp³-hybridized carbons (Fsp3) is 0.571. The fourth-order valence-corrected chi connectivity index (χ4v) is 2.65. The van der Waals surface area contributed by atoms with Crippen LogP contribution in [0.4, 0.5) is 5.82 Å². The number of hydrogen-bond donors (Lipinski definition) is 2. The lowest BCUT2D eigenvalue weighted by Crippen LogP contribution is -2.43. The number of carboxylic acid groups (broad SMARTS) is 1. The highest BCUT2D eigenvalue weighted by atomic mass is 16.4. The van der Waals surface area contributed by atoms with E-state index < -0.39 is 5.97 Å². The summed E-state index contributed by atoms with van der Waals surface area (Å²) in [6, 6.07) is 3.74. The zero-order valence-electron chi connectivity index (χ0n) is 11.5. The molecular weight excluding hydrogens is 242 g/mol. The molecule has 1 saturated heterocycles. The van der Waals surface area contributed by atoms with Crippen LogP contribution in [0.15, 0.2) is 12.1 Å². The van der Waals surface area contributed by atoms with Gasteiger partial charge in [0.2, 0.25) is 0 Å². The monoisotopic (exact) mass is 263 g/mol. The standard InChI is InChI=1S/C14H21N3O2/c1-3-17(12-4-6-15-7-5-12)13-9-11(14(18)19)8-10(2)16-13/h8-9,12,15H,3-7H2,1-2H3,(H,18,19). The molecule has 0 radical (unpaired) electrons. The Labute approximate surface area is 113 Å². The third-order valence-corrected chi connectivity index (χ3v) is 3.57. The van der Waals surface area contributed by atoms with Gasteiger partial charge in [-0.05, 0) is 51.9 Å². The first-order valence-corrected chi connectivity index (χ1v) is 6.81. The molecule has 1 aromatic rings. The summed E-state index contributed by atoms with van der Waals surface area (Å²) < 4.78 is 0. The van der Waals surface area contributed by atoms with Crippen molar-refractivity contribution in [1.29, 1.82) is 0 Å². The van der Waals surface area contributed by atoms with Crippen LogP contribution >= 0.6 is 0 Å². The van der Waals surface area contributed by atoms with Gasteiger partial charge in [-0.15, -0.1) is 0 Å². The first-order chi connectivity index (χ1) is 9.11. The SMILES string of the molecule is CCN(c1cc(C(=O)O)cc(C)n1)C1CCNCC1. The van der Waals surface area contributed by atoms with Gasteiger partial charge in [-0.1, -0.05) is 0 Å². The third kappa shape index (κ3) is 3.23. The lowest BCUT2D eigenvalue weighted by molar-refractivity contribution is 0.0696. The van der Waals surface area contributed by atoms with E-state index in [0.717, 1.165) is 44.0 Å². The van der Waals surface area contributed by atoms with Gasteiger partial charge in [0, 0.05) is 18.3 Å². The van der Waals surface area contributed by atoms with Crippen LogP contribution in [0.1, 0.15) is 35.8 Å². The Kier molecular flexibility index (Phi) is 4.37. The van der Waals surface area contributed by atoms with E-state index in [-0.39, 0.29) is 0 Å². The van der Waals surface area contributed by atoms with Crippen LogP contribution in [0.2, 0.25) is 0 Å². The molecule has 19 heavy (non-hydrogen) atoms. The number of carbonyl (C=O) groups is 1. The van der Waals surface area contributed by atoms with E-state index in [1.165, 1.54) is 0 Å². The van der Waals surface area contributed by atoms with Gasteiger partial charge in [-0.3, -0.25) is 0 Å². The zero-order chi connectivity index (χ0) is 13.8. The number of aromatic nitrogens is 1. The molecular formula is C14H21N3O2. The summed E-state index contributed by atoms with van der Waals surface area (Å²) in [7, 11) is 0. The molecule has 0 atom stereocenters. The van der Waals surface area contributed by atoms with E-state index in [2.05, 4.69) is 22.1 Å². The van der Waals surface area contributed by atoms with Gasteiger partial charge < -0.3 is 15.3 Å². The molecule has 0 spiro atoms. The van der Waals surface area contributed by atoms with Gasteiger partial charge >= 0.3 is 5.97 Å². The average molecular weight is 263 g/mol. The maximum Gasteiger partial charge on any atom is 0.335 e. The Morgan fingerprint density at radius 3 is 2.74 bits per heavy atom. The van der Waals surface area contributed by atoms with E-state index in [9.17, 15) is 4.79 Å². The second-order valence-corrected chi connectivity index (χ2v) is 4.93. The Bertz CT molecular complexity index is 456. The molecule has 0 amide bonds. The van der Waals surface area contributed by atoms with Crippen molar-refractivity contribution in [3.8, 4) is 0 Å². The quantitative estimate of drug-likeness (QED) is 0.865. The average Bonchev–Trinajstić information content (AvgIpc) is 2.40. The maximum atomic E-state index is 11.1. The molecule has 2 N–H and O–H groups in total. The van der Waals surface area contributed by atoms with E-state index in [0.29, 0.717) is 11.6 Å². The largest absolute Gasteiger partial charge is 0.478 e. The molecule has 1 fully saturated rings. The van der Waals surface area contributed by atoms with Gasteiger partial charge in [0.25, 0.3) is 0 Å². The molecule has 0 bridgehead atoms. The van der Waals surface area contributed by atoms with E-state index in [1.54, 1.807) is 12.1 Å². The van der Waals surface area contributed by atoms with Gasteiger partial charge in [0.05, 0.1) is 5.56 Å². The van der Waals surface area contributed by atoms with Crippen LogP contribution in [-0.4, -0.2) is 41.7 Å². The van der Waals surface area contributed by atoms with Gasteiger partial charge in [-0.25, -0.2) is 9.78 Å². The lowest BCUT2D eigenvalue weighted by atomic mass is 10.0. The van der Waals surface area contributed by atoms with Crippen molar-refractivity contribution in [3.05, 3.63) is 23.4 Å². The minimum atomic E-state index is -0.895. The minimum Gasteiger partial charge on any atom is -0.478 e. The van der Waals surface area contributed by atoms with Gasteiger partial charge in [0.15, 0.2) is 0 Å². The van der Waals surface area contributed by atoms with Crippen molar-refractivity contribution in [2.75, 3.05) is 24.5 Å². The van der Waals surface area contributed by atoms with Crippen molar-refractivity contribution in [1.82, 2.24) is 10.3 Å². The third-order valence-electron chi connectivity index (χ3n) is 3.57. The van der Waals surface area contributed by atoms with E-state index >= 15 is 0 Å². The molecule has 5 heteroatoms. The molecule has 5 nitrogen and oxygen atoms in total. The summed E-state index contributed by atoms with van der Waals surface area (Å²) in [6.07, 6.45) is 2.15. The molecule has 0 unspecified atom stereocenters. The van der Waals surface area contributed by atoms with Crippen LogP contribution in [0, 0.1) is 6.92 Å². The highest BCUT2D eigenvalue weighted by Gasteiger charge is 2.22. The molecule has 104 valence electrons. The number of anilines is 1. The summed E-state index contributed by atoms with van der Waals surface area (Å²) in [5.74, 6) is -0.111. The summed E-state index contributed by atoms with van der Waals surface area (Å²) in [5, 5.41) is 12.5. The summed E-state index contributed by atoms with van der Waals surface area (Å²) in [4.78, 5) is 17.9. The van der Waals surface area contributed by atoms with Gasteiger partial charge in [-0.2, -0.15) is 0 Å². The van der Waals surface area contributed by atoms with Crippen LogP contribution in [-0.2, 0) is 0 Å². The topological polar surface area (TPSA) is 65.5 Å². The predicted octanol–water partition coefficient (Wildman–Crippen LogP) is 1.67. The lowest BCUT2D eigenvalue weighted by Gasteiger charge is -2.35. The van der Waals surface area contributed by atoms with Crippen molar-refractivity contribution >= 4 is 11.8 Å². The maximum absolute atomic E-state index is 11.1. The number of nitrogens with zero attached hydrogens (tertiary/aromatic N) is 2. The Morgan fingerprint density at radius 2 is 2.16 bits per heavy atom. The minimum absolute atomic E-state index is 0.315. The summed E-state index contributed by atoms with van der Waals surface area (Å²) in [5.41, 5.74) is 1.07. The number of piperidine rings is 1. The number of rotatable bonds is 4. The molecule has 1 aliphatic heterocycles. The number of nitrogens with one attached hydrogen (secondary N) is 1. The Morgan fingerprint density at radius 1 is 1.47 bits per heavy atom. The summed E-state index contributed by atoms with van der Waals surface area (Å²) in [6.45, 7) is 6.80. The number of hydrogen-bond acceptors (Lipinski definition) is 4. The van der Waals surface area contributed by atoms with E-state index in [1.807, 2.05) is 6.92 Å². The normalized spacial score (nSPS) is 16.3. The Hall–Kier alpha value is -1.62. The summed E-state index contributed by atoms with van der Waals surface area (Å²) >= 11 is 0. The van der Waals surface area contributed by atoms with Gasteiger partial charge in [0.1, 0.15) is 5.82 Å². The number of aromatic carboxylic acids is 1. The van der Waals surface area contributed by atoms with Crippen LogP contribution in [0.25, 0.3) is 0 Å². The number of carboxylic acids is 1. The van der Waals surface area contributed by atoms with Crippen molar-refractivity contribution in [2.24, 2.45) is 0 Å². The molecule has 2 rings (SSSR count). The van der Waals surface area contributed by atoms with Crippen molar-refractivity contribution in [2.45, 2.75) is 32.7 Å². The molecule has 1 aliphatic rings. The highest BCUT2D eigenvalue weighted by Crippen LogP contribution is 2.21. The highest BCUT2D eigenvalue weighted by molar-refractivity contribution is 5.88. The molecule has 1 aromatic heterocycles. The second-order valence-electron chi connectivity index (χ2n) is 4.93. The first kappa shape index (κ1) is 13.8. The zero-order valence-corrected chi connectivity index (χ0v) is 11.5. The van der Waals surface area contributed by atoms with Crippen molar-refractivity contribution < 1.29 is 9.90 Å². The second kappa shape index (κ2) is 6.02.